The van der Waals surface area contributed by atoms with E-state index in [1.54, 1.807) is 0 Å². The summed E-state index contributed by atoms with van der Waals surface area (Å²) in [5.41, 5.74) is 0.500. The minimum atomic E-state index is -0.515. The van der Waals surface area contributed by atoms with Gasteiger partial charge < -0.3 is 9.84 Å². The summed E-state index contributed by atoms with van der Waals surface area (Å²) in [5.74, 6) is 0.856. The molecule has 0 bridgehead atoms. The number of aliphatic hydroxyl groups excluding tert-OH is 1. The summed E-state index contributed by atoms with van der Waals surface area (Å²) < 4.78 is 7.41. The maximum absolute atomic E-state index is 11.1. The summed E-state index contributed by atoms with van der Waals surface area (Å²) in [6, 6.07) is 5.90. The zero-order chi connectivity index (χ0) is 15.4. The van der Waals surface area contributed by atoms with E-state index in [-0.39, 0.29) is 16.9 Å². The molecule has 2 aliphatic rings. The van der Waals surface area contributed by atoms with Crippen LogP contribution >= 0.6 is 47.8 Å². The Hall–Kier alpha value is 0.420. The summed E-state index contributed by atoms with van der Waals surface area (Å²) in [7, 11) is 0. The summed E-state index contributed by atoms with van der Waals surface area (Å²) in [6.07, 6.45) is 1.47. The Morgan fingerprint density at radius 2 is 2.10 bits per heavy atom. The highest BCUT2D eigenvalue weighted by atomic mass is 79.9. The molecule has 116 valence electrons. The van der Waals surface area contributed by atoms with Crippen LogP contribution in [0.5, 0.6) is 5.75 Å². The maximum Gasteiger partial charge on any atom is 0.126 e. The number of ether oxygens (including phenoxy) is 1. The molecule has 1 saturated carbocycles. The van der Waals surface area contributed by atoms with Gasteiger partial charge in [0.2, 0.25) is 0 Å². The lowest BCUT2D eigenvalue weighted by molar-refractivity contribution is -0.135. The molecular weight excluding hydrogens is 464 g/mol. The SMILES string of the molecule is CC1(C)[C@H]2[C@H](O)c3cc(Br)ccc3O[C@@]2(CBr)CC[C@@H]1Br. The van der Waals surface area contributed by atoms with Crippen LogP contribution in [0.25, 0.3) is 0 Å². The van der Waals surface area contributed by atoms with Gasteiger partial charge in [-0.25, -0.2) is 0 Å². The van der Waals surface area contributed by atoms with Gasteiger partial charge in [0.1, 0.15) is 11.4 Å². The number of halogens is 3. The normalized spacial score (nSPS) is 37.3. The third kappa shape index (κ3) is 2.43. The highest BCUT2D eigenvalue weighted by molar-refractivity contribution is 9.10. The van der Waals surface area contributed by atoms with Crippen molar-refractivity contribution in [1.82, 2.24) is 0 Å². The van der Waals surface area contributed by atoms with Crippen LogP contribution in [-0.4, -0.2) is 20.9 Å². The predicted molar refractivity (Wildman–Crippen MR) is 95.5 cm³/mol. The van der Waals surface area contributed by atoms with E-state index in [0.29, 0.717) is 4.83 Å². The Kier molecular flexibility index (Phi) is 4.26. The Bertz CT molecular complexity index is 560. The molecule has 0 amide bonds. The highest BCUT2D eigenvalue weighted by Gasteiger charge is 2.59. The standard InChI is InChI=1S/C16H19Br3O2/c1-15(2)12(19)5-6-16(8-17)14(15)13(20)10-7-9(18)3-4-11(10)21-16/h3-4,7,12-14,20H,5-6,8H2,1-2H3/t12-,13+,14+,16+/m0/s1. The Morgan fingerprint density at radius 3 is 2.76 bits per heavy atom. The molecule has 1 heterocycles. The van der Waals surface area contributed by atoms with Gasteiger partial charge in [-0.05, 0) is 36.5 Å². The summed E-state index contributed by atoms with van der Waals surface area (Å²) in [4.78, 5) is 0.383. The van der Waals surface area contributed by atoms with E-state index in [9.17, 15) is 5.11 Å². The molecule has 1 aliphatic heterocycles. The number of hydrogen-bond donors (Lipinski definition) is 1. The largest absolute Gasteiger partial charge is 0.486 e. The molecule has 1 fully saturated rings. The van der Waals surface area contributed by atoms with Gasteiger partial charge in [0.25, 0.3) is 0 Å². The van der Waals surface area contributed by atoms with Crippen molar-refractivity contribution in [3.63, 3.8) is 0 Å². The van der Waals surface area contributed by atoms with Gasteiger partial charge in [0.05, 0.1) is 6.10 Å². The highest BCUT2D eigenvalue weighted by Crippen LogP contribution is 2.59. The molecule has 3 rings (SSSR count). The third-order valence-electron chi connectivity index (χ3n) is 5.14. The zero-order valence-electron chi connectivity index (χ0n) is 12.1. The van der Waals surface area contributed by atoms with Crippen LogP contribution in [0.1, 0.15) is 38.4 Å². The van der Waals surface area contributed by atoms with Gasteiger partial charge >= 0.3 is 0 Å². The van der Waals surface area contributed by atoms with Crippen molar-refractivity contribution in [1.29, 1.82) is 0 Å². The number of benzene rings is 1. The lowest BCUT2D eigenvalue weighted by atomic mass is 9.58. The first-order valence-corrected chi connectivity index (χ1v) is 10.0. The topological polar surface area (TPSA) is 29.5 Å². The number of alkyl halides is 2. The fraction of sp³-hybridized carbons (Fsp3) is 0.625. The molecule has 2 nitrogen and oxygen atoms in total. The summed E-state index contributed by atoms with van der Waals surface area (Å²) in [5, 5.41) is 11.8. The first kappa shape index (κ1) is 16.3. The molecule has 1 N–H and O–H groups in total. The molecule has 0 radical (unpaired) electrons. The third-order valence-corrected chi connectivity index (χ3v) is 8.22. The van der Waals surface area contributed by atoms with Crippen LogP contribution < -0.4 is 4.74 Å². The van der Waals surface area contributed by atoms with E-state index in [2.05, 4.69) is 61.6 Å². The van der Waals surface area contributed by atoms with E-state index in [1.807, 2.05) is 18.2 Å². The number of hydrogen-bond acceptors (Lipinski definition) is 2. The molecule has 21 heavy (non-hydrogen) atoms. The predicted octanol–water partition coefficient (Wildman–Crippen LogP) is 5.21. The lowest BCUT2D eigenvalue weighted by Crippen LogP contribution is -2.61. The van der Waals surface area contributed by atoms with Gasteiger partial charge in [-0.15, -0.1) is 0 Å². The monoisotopic (exact) mass is 480 g/mol. The zero-order valence-corrected chi connectivity index (χ0v) is 16.8. The average Bonchev–Trinajstić information content (AvgIpc) is 2.44. The van der Waals surface area contributed by atoms with Crippen LogP contribution in [0.3, 0.4) is 0 Å². The molecule has 1 aliphatic carbocycles. The van der Waals surface area contributed by atoms with E-state index >= 15 is 0 Å². The van der Waals surface area contributed by atoms with Crippen molar-refractivity contribution < 1.29 is 9.84 Å². The number of aliphatic hydroxyl groups is 1. The van der Waals surface area contributed by atoms with E-state index in [1.165, 1.54) is 0 Å². The van der Waals surface area contributed by atoms with Crippen LogP contribution in [0.15, 0.2) is 22.7 Å². The Labute approximate surface area is 151 Å². The van der Waals surface area contributed by atoms with E-state index in [0.717, 1.165) is 34.0 Å². The van der Waals surface area contributed by atoms with Crippen LogP contribution in [0.4, 0.5) is 0 Å². The Morgan fingerprint density at radius 1 is 1.38 bits per heavy atom. The van der Waals surface area contributed by atoms with Crippen molar-refractivity contribution in [2.24, 2.45) is 11.3 Å². The molecular formula is C16H19Br3O2. The van der Waals surface area contributed by atoms with Crippen LogP contribution in [0, 0.1) is 11.3 Å². The first-order valence-electron chi connectivity index (χ1n) is 7.18. The van der Waals surface area contributed by atoms with Crippen LogP contribution in [-0.2, 0) is 0 Å². The van der Waals surface area contributed by atoms with Gasteiger partial charge in [0, 0.05) is 26.1 Å². The number of fused-ring (bicyclic) bond motifs is 2. The molecule has 0 saturated heterocycles. The quantitative estimate of drug-likeness (QED) is 0.557. The number of rotatable bonds is 1. The maximum atomic E-state index is 11.1. The minimum Gasteiger partial charge on any atom is -0.486 e. The van der Waals surface area contributed by atoms with E-state index in [4.69, 9.17) is 4.74 Å². The molecule has 0 spiro atoms. The second-order valence-corrected chi connectivity index (χ2v) is 9.31. The van der Waals surface area contributed by atoms with E-state index < -0.39 is 6.10 Å². The van der Waals surface area contributed by atoms with Crippen molar-refractivity contribution in [3.8, 4) is 5.75 Å². The smallest absolute Gasteiger partial charge is 0.126 e. The average molecular weight is 483 g/mol. The van der Waals surface area contributed by atoms with Crippen molar-refractivity contribution in [2.75, 3.05) is 5.33 Å². The molecule has 5 heteroatoms. The van der Waals surface area contributed by atoms with Crippen LogP contribution in [0.2, 0.25) is 0 Å². The second kappa shape index (κ2) is 5.50. The lowest BCUT2D eigenvalue weighted by Gasteiger charge is -2.57. The van der Waals surface area contributed by atoms with Crippen molar-refractivity contribution in [2.45, 2.75) is 43.2 Å². The molecule has 0 unspecified atom stereocenters. The van der Waals surface area contributed by atoms with Crippen molar-refractivity contribution >= 4 is 47.8 Å². The fourth-order valence-electron chi connectivity index (χ4n) is 4.00. The first-order chi connectivity index (χ1) is 9.82. The summed E-state index contributed by atoms with van der Waals surface area (Å²) in [6.45, 7) is 4.45. The van der Waals surface area contributed by atoms with Gasteiger partial charge in [-0.2, -0.15) is 0 Å². The molecule has 0 aromatic heterocycles. The Balaban J connectivity index is 2.15. The van der Waals surface area contributed by atoms with Crippen molar-refractivity contribution in [3.05, 3.63) is 28.2 Å². The minimum absolute atomic E-state index is 0.0456. The van der Waals surface area contributed by atoms with Gasteiger partial charge in [-0.1, -0.05) is 61.6 Å². The molecule has 4 atom stereocenters. The molecule has 1 aromatic carbocycles. The van der Waals surface area contributed by atoms with Gasteiger partial charge in [-0.3, -0.25) is 0 Å². The van der Waals surface area contributed by atoms with Gasteiger partial charge in [0.15, 0.2) is 0 Å². The summed E-state index contributed by atoms with van der Waals surface area (Å²) >= 11 is 11.0. The molecule has 1 aromatic rings. The fourth-order valence-corrected chi connectivity index (χ4v) is 5.64. The second-order valence-electron chi connectivity index (χ2n) is 6.73.